The molecule has 0 saturated heterocycles. The van der Waals surface area contributed by atoms with Crippen molar-refractivity contribution >= 4 is 34.1 Å². The zero-order valence-corrected chi connectivity index (χ0v) is 15.7. The molecule has 0 bridgehead atoms. The Hall–Kier alpha value is -3.26. The topological polar surface area (TPSA) is 72.7 Å². The molecule has 1 atom stereocenters. The molecule has 0 fully saturated rings. The first kappa shape index (κ1) is 18.1. The number of aromatic nitrogens is 4. The van der Waals surface area contributed by atoms with Crippen molar-refractivity contribution in [3.8, 4) is 5.69 Å². The SMILES string of the molecule is CC(Sc1nnnn1-c1cccc(F)c1)C(=O)Nc1ccc2ccccc2c1. The van der Waals surface area contributed by atoms with E-state index in [0.717, 1.165) is 16.5 Å². The summed E-state index contributed by atoms with van der Waals surface area (Å²) < 4.78 is 14.9. The molecule has 8 heteroatoms. The summed E-state index contributed by atoms with van der Waals surface area (Å²) in [5.41, 5.74) is 1.22. The molecule has 1 amide bonds. The van der Waals surface area contributed by atoms with Crippen LogP contribution in [0.5, 0.6) is 0 Å². The Balaban J connectivity index is 1.48. The van der Waals surface area contributed by atoms with Gasteiger partial charge in [0.2, 0.25) is 11.1 Å². The van der Waals surface area contributed by atoms with Gasteiger partial charge in [-0.3, -0.25) is 4.79 Å². The number of hydrogen-bond acceptors (Lipinski definition) is 5. The smallest absolute Gasteiger partial charge is 0.237 e. The molecule has 1 heterocycles. The predicted molar refractivity (Wildman–Crippen MR) is 107 cm³/mol. The fourth-order valence-corrected chi connectivity index (χ4v) is 3.55. The zero-order chi connectivity index (χ0) is 19.5. The summed E-state index contributed by atoms with van der Waals surface area (Å²) in [6, 6.07) is 19.7. The molecule has 28 heavy (non-hydrogen) atoms. The second-order valence-electron chi connectivity index (χ2n) is 6.16. The number of amides is 1. The van der Waals surface area contributed by atoms with Crippen molar-refractivity contribution in [2.24, 2.45) is 0 Å². The molecule has 3 aromatic carbocycles. The summed E-state index contributed by atoms with van der Waals surface area (Å²) in [6.45, 7) is 1.77. The number of halogens is 1. The molecule has 0 spiro atoms. The van der Waals surface area contributed by atoms with Crippen LogP contribution in [0.15, 0.2) is 71.9 Å². The van der Waals surface area contributed by atoms with Crippen LogP contribution in [-0.2, 0) is 4.79 Å². The molecular formula is C20H16FN5OS. The lowest BCUT2D eigenvalue weighted by atomic mass is 10.1. The van der Waals surface area contributed by atoms with Gasteiger partial charge in [-0.2, -0.15) is 4.68 Å². The Morgan fingerprint density at radius 1 is 1.07 bits per heavy atom. The highest BCUT2D eigenvalue weighted by Gasteiger charge is 2.19. The van der Waals surface area contributed by atoms with Crippen LogP contribution in [0.2, 0.25) is 0 Å². The van der Waals surface area contributed by atoms with Crippen LogP contribution in [0.4, 0.5) is 10.1 Å². The molecule has 0 aliphatic carbocycles. The summed E-state index contributed by atoms with van der Waals surface area (Å²) in [4.78, 5) is 12.6. The lowest BCUT2D eigenvalue weighted by Gasteiger charge is -2.12. The van der Waals surface area contributed by atoms with Crippen LogP contribution in [-0.4, -0.2) is 31.4 Å². The third-order valence-electron chi connectivity index (χ3n) is 4.16. The van der Waals surface area contributed by atoms with E-state index in [4.69, 9.17) is 0 Å². The molecule has 0 saturated carbocycles. The van der Waals surface area contributed by atoms with Crippen molar-refractivity contribution in [3.63, 3.8) is 0 Å². The van der Waals surface area contributed by atoms with Gasteiger partial charge in [-0.05, 0) is 58.5 Å². The number of nitrogens with zero attached hydrogens (tertiary/aromatic N) is 4. The maximum Gasteiger partial charge on any atom is 0.237 e. The molecule has 0 aliphatic heterocycles. The largest absolute Gasteiger partial charge is 0.325 e. The summed E-state index contributed by atoms with van der Waals surface area (Å²) in [5.74, 6) is -0.555. The highest BCUT2D eigenvalue weighted by molar-refractivity contribution is 8.00. The third kappa shape index (κ3) is 3.86. The van der Waals surface area contributed by atoms with Crippen LogP contribution < -0.4 is 5.32 Å². The van der Waals surface area contributed by atoms with Crippen molar-refractivity contribution in [2.75, 3.05) is 5.32 Å². The third-order valence-corrected chi connectivity index (χ3v) is 5.20. The molecule has 4 aromatic rings. The fourth-order valence-electron chi connectivity index (χ4n) is 2.74. The second-order valence-corrected chi connectivity index (χ2v) is 7.47. The molecule has 1 unspecified atom stereocenters. The number of tetrazole rings is 1. The highest BCUT2D eigenvalue weighted by atomic mass is 32.2. The van der Waals surface area contributed by atoms with Crippen LogP contribution in [0.1, 0.15) is 6.92 Å². The number of anilines is 1. The van der Waals surface area contributed by atoms with Crippen LogP contribution in [0.25, 0.3) is 16.5 Å². The number of thioether (sulfide) groups is 1. The number of fused-ring (bicyclic) bond motifs is 1. The van der Waals surface area contributed by atoms with Gasteiger partial charge < -0.3 is 5.32 Å². The highest BCUT2D eigenvalue weighted by Crippen LogP contribution is 2.25. The molecule has 140 valence electrons. The maximum absolute atomic E-state index is 13.5. The van der Waals surface area contributed by atoms with Crippen molar-refractivity contribution in [1.82, 2.24) is 20.2 Å². The first-order valence-electron chi connectivity index (χ1n) is 8.61. The van der Waals surface area contributed by atoms with Gasteiger partial charge in [0.1, 0.15) is 5.82 Å². The minimum Gasteiger partial charge on any atom is -0.325 e. The quantitative estimate of drug-likeness (QED) is 0.518. The lowest BCUT2D eigenvalue weighted by Crippen LogP contribution is -2.22. The molecular weight excluding hydrogens is 377 g/mol. The van der Waals surface area contributed by atoms with Crippen molar-refractivity contribution < 1.29 is 9.18 Å². The van der Waals surface area contributed by atoms with E-state index in [1.807, 2.05) is 42.5 Å². The number of benzene rings is 3. The summed E-state index contributed by atoms with van der Waals surface area (Å²) >= 11 is 1.20. The number of rotatable bonds is 5. The maximum atomic E-state index is 13.5. The van der Waals surface area contributed by atoms with E-state index in [0.29, 0.717) is 10.8 Å². The van der Waals surface area contributed by atoms with Crippen molar-refractivity contribution in [2.45, 2.75) is 17.3 Å². The van der Waals surface area contributed by atoms with Gasteiger partial charge in [-0.15, -0.1) is 5.10 Å². The Morgan fingerprint density at radius 3 is 2.71 bits per heavy atom. The molecule has 0 radical (unpaired) electrons. The number of carbonyl (C=O) groups is 1. The van der Waals surface area contributed by atoms with Gasteiger partial charge in [0.05, 0.1) is 10.9 Å². The van der Waals surface area contributed by atoms with Gasteiger partial charge in [-0.25, -0.2) is 4.39 Å². The van der Waals surface area contributed by atoms with Crippen molar-refractivity contribution in [1.29, 1.82) is 0 Å². The minimum absolute atomic E-state index is 0.172. The fraction of sp³-hybridized carbons (Fsp3) is 0.100. The van der Waals surface area contributed by atoms with E-state index in [9.17, 15) is 9.18 Å². The van der Waals surface area contributed by atoms with E-state index in [1.54, 1.807) is 19.1 Å². The number of carbonyl (C=O) groups excluding carboxylic acids is 1. The average molecular weight is 393 g/mol. The number of hydrogen-bond donors (Lipinski definition) is 1. The van der Waals surface area contributed by atoms with Crippen LogP contribution in [0.3, 0.4) is 0 Å². The Kier molecular flexibility index (Phi) is 5.03. The van der Waals surface area contributed by atoms with E-state index < -0.39 is 5.25 Å². The van der Waals surface area contributed by atoms with E-state index >= 15 is 0 Å². The van der Waals surface area contributed by atoms with Gasteiger partial charge in [0.15, 0.2) is 0 Å². The molecule has 1 aromatic heterocycles. The normalized spacial score (nSPS) is 12.1. The Bertz CT molecular complexity index is 1150. The summed E-state index contributed by atoms with van der Waals surface area (Å²) in [5, 5.41) is 16.5. The van der Waals surface area contributed by atoms with E-state index in [2.05, 4.69) is 20.8 Å². The first-order chi connectivity index (χ1) is 13.6. The first-order valence-corrected chi connectivity index (χ1v) is 9.49. The predicted octanol–water partition coefficient (Wildman–Crippen LogP) is 4.07. The van der Waals surface area contributed by atoms with E-state index in [-0.39, 0.29) is 11.7 Å². The Labute approximate surface area is 164 Å². The van der Waals surface area contributed by atoms with Crippen LogP contribution in [0, 0.1) is 5.82 Å². The van der Waals surface area contributed by atoms with Gasteiger partial charge in [-0.1, -0.05) is 48.2 Å². The lowest BCUT2D eigenvalue weighted by molar-refractivity contribution is -0.115. The second kappa shape index (κ2) is 7.77. The Morgan fingerprint density at radius 2 is 1.89 bits per heavy atom. The molecule has 0 aliphatic rings. The molecule has 6 nitrogen and oxygen atoms in total. The van der Waals surface area contributed by atoms with Gasteiger partial charge in [0.25, 0.3) is 0 Å². The minimum atomic E-state index is -0.454. The van der Waals surface area contributed by atoms with Gasteiger partial charge in [0, 0.05) is 5.69 Å². The standard InChI is InChI=1S/C20H16FN5OS/c1-13(19(27)22-17-10-9-14-5-2-3-6-15(14)11-17)28-20-23-24-25-26(20)18-8-4-7-16(21)12-18/h2-13H,1H3,(H,22,27). The summed E-state index contributed by atoms with van der Waals surface area (Å²) in [7, 11) is 0. The zero-order valence-electron chi connectivity index (χ0n) is 14.9. The summed E-state index contributed by atoms with van der Waals surface area (Å²) in [6.07, 6.45) is 0. The van der Waals surface area contributed by atoms with Gasteiger partial charge >= 0.3 is 0 Å². The van der Waals surface area contributed by atoms with E-state index in [1.165, 1.54) is 28.6 Å². The molecule has 1 N–H and O–H groups in total. The number of nitrogens with one attached hydrogen (secondary N) is 1. The average Bonchev–Trinajstić information content (AvgIpc) is 3.16. The van der Waals surface area contributed by atoms with Crippen molar-refractivity contribution in [3.05, 3.63) is 72.5 Å². The van der Waals surface area contributed by atoms with Crippen LogP contribution >= 0.6 is 11.8 Å². The molecule has 4 rings (SSSR count). The monoisotopic (exact) mass is 393 g/mol.